The lowest BCUT2D eigenvalue weighted by Crippen LogP contribution is -2.48. The van der Waals surface area contributed by atoms with Crippen molar-refractivity contribution in [1.82, 2.24) is 19.8 Å². The Bertz CT molecular complexity index is 588. The highest BCUT2D eigenvalue weighted by molar-refractivity contribution is 5.75. The lowest BCUT2D eigenvalue weighted by molar-refractivity contribution is 0.166. The first-order chi connectivity index (χ1) is 11.1. The highest BCUT2D eigenvalue weighted by Crippen LogP contribution is 2.39. The maximum atomic E-state index is 12.7. The first-order valence-electron chi connectivity index (χ1n) is 9.23. The molecule has 0 saturated heterocycles. The summed E-state index contributed by atoms with van der Waals surface area (Å²) < 4.78 is 2.27. The molecule has 0 aromatic carbocycles. The molecule has 1 aromatic rings. The molecule has 5 nitrogen and oxygen atoms in total. The standard InChI is InChI=1S/C18H28N4O/c1-12-11-21-9-3-4-15(17(21)20-12)10-19-18(23)22(16-7-8-16)13(2)14-5-6-14/h11,13-16H,3-10H2,1-2H3,(H,19,23). The molecule has 3 aliphatic rings. The van der Waals surface area contributed by atoms with Gasteiger partial charge in [0.2, 0.25) is 0 Å². The Balaban J connectivity index is 1.39. The van der Waals surface area contributed by atoms with Gasteiger partial charge in [0, 0.05) is 37.3 Å². The number of nitrogens with zero attached hydrogens (tertiary/aromatic N) is 3. The van der Waals surface area contributed by atoms with Crippen LogP contribution in [0.2, 0.25) is 0 Å². The number of hydrogen-bond donors (Lipinski definition) is 1. The van der Waals surface area contributed by atoms with Crippen molar-refractivity contribution in [2.75, 3.05) is 6.54 Å². The third-order valence-electron chi connectivity index (χ3n) is 5.66. The zero-order chi connectivity index (χ0) is 16.0. The largest absolute Gasteiger partial charge is 0.337 e. The number of nitrogens with one attached hydrogen (secondary N) is 1. The molecule has 1 N–H and O–H groups in total. The minimum Gasteiger partial charge on any atom is -0.337 e. The van der Waals surface area contributed by atoms with Crippen LogP contribution in [0.5, 0.6) is 0 Å². The first-order valence-corrected chi connectivity index (χ1v) is 9.23. The average Bonchev–Trinajstić information content (AvgIpc) is 3.41. The van der Waals surface area contributed by atoms with E-state index in [1.807, 2.05) is 6.92 Å². The predicted molar refractivity (Wildman–Crippen MR) is 89.4 cm³/mol. The molecule has 2 atom stereocenters. The number of fused-ring (bicyclic) bond motifs is 1. The van der Waals surface area contributed by atoms with Gasteiger partial charge in [-0.2, -0.15) is 0 Å². The number of carbonyl (C=O) groups excluding carboxylic acids is 1. The van der Waals surface area contributed by atoms with Gasteiger partial charge in [-0.15, -0.1) is 0 Å². The Kier molecular flexibility index (Phi) is 3.82. The second-order valence-electron chi connectivity index (χ2n) is 7.68. The number of amides is 2. The lowest BCUT2D eigenvalue weighted by Gasteiger charge is -2.31. The highest BCUT2D eigenvalue weighted by atomic mass is 16.2. The van der Waals surface area contributed by atoms with E-state index in [2.05, 4.69) is 32.9 Å². The summed E-state index contributed by atoms with van der Waals surface area (Å²) in [5.74, 6) is 2.25. The average molecular weight is 316 g/mol. The van der Waals surface area contributed by atoms with Gasteiger partial charge in [-0.05, 0) is 58.3 Å². The van der Waals surface area contributed by atoms with E-state index in [1.54, 1.807) is 0 Å². The molecule has 0 radical (unpaired) electrons. The van der Waals surface area contributed by atoms with Crippen LogP contribution in [0.25, 0.3) is 0 Å². The molecule has 2 unspecified atom stereocenters. The fraction of sp³-hybridized carbons (Fsp3) is 0.778. The molecule has 2 amide bonds. The zero-order valence-electron chi connectivity index (χ0n) is 14.3. The molecular formula is C18H28N4O. The molecule has 2 fully saturated rings. The Morgan fingerprint density at radius 3 is 2.87 bits per heavy atom. The number of carbonyl (C=O) groups is 1. The van der Waals surface area contributed by atoms with Gasteiger partial charge < -0.3 is 14.8 Å². The second kappa shape index (κ2) is 5.84. The van der Waals surface area contributed by atoms with Gasteiger partial charge in [0.15, 0.2) is 0 Å². The van der Waals surface area contributed by atoms with E-state index >= 15 is 0 Å². The summed E-state index contributed by atoms with van der Waals surface area (Å²) in [6.45, 7) is 6.06. The van der Waals surface area contributed by atoms with Crippen molar-refractivity contribution in [3.8, 4) is 0 Å². The Hall–Kier alpha value is -1.52. The fourth-order valence-electron chi connectivity index (χ4n) is 4.04. The molecule has 0 spiro atoms. The topological polar surface area (TPSA) is 50.2 Å². The minimum absolute atomic E-state index is 0.146. The molecule has 126 valence electrons. The van der Waals surface area contributed by atoms with Crippen LogP contribution in [0.4, 0.5) is 4.79 Å². The maximum Gasteiger partial charge on any atom is 0.317 e. The van der Waals surface area contributed by atoms with Gasteiger partial charge in [-0.25, -0.2) is 9.78 Å². The van der Waals surface area contributed by atoms with E-state index in [0.717, 1.165) is 36.9 Å². The number of rotatable bonds is 5. The number of hydrogen-bond acceptors (Lipinski definition) is 2. The first kappa shape index (κ1) is 15.0. The number of urea groups is 1. The van der Waals surface area contributed by atoms with Gasteiger partial charge in [0.05, 0.1) is 5.69 Å². The summed E-state index contributed by atoms with van der Waals surface area (Å²) >= 11 is 0. The molecule has 4 rings (SSSR count). The van der Waals surface area contributed by atoms with Crippen LogP contribution in [0, 0.1) is 12.8 Å². The number of imidazole rings is 1. The number of aryl methyl sites for hydroxylation is 2. The fourth-order valence-corrected chi connectivity index (χ4v) is 4.04. The van der Waals surface area contributed by atoms with Gasteiger partial charge in [-0.3, -0.25) is 0 Å². The third kappa shape index (κ3) is 3.10. The number of aromatic nitrogens is 2. The molecule has 5 heteroatoms. The van der Waals surface area contributed by atoms with Gasteiger partial charge >= 0.3 is 6.03 Å². The monoisotopic (exact) mass is 316 g/mol. The van der Waals surface area contributed by atoms with Crippen molar-refractivity contribution in [2.45, 2.75) is 76.9 Å². The van der Waals surface area contributed by atoms with Crippen molar-refractivity contribution in [3.63, 3.8) is 0 Å². The zero-order valence-corrected chi connectivity index (χ0v) is 14.3. The van der Waals surface area contributed by atoms with Crippen LogP contribution in [0.3, 0.4) is 0 Å². The minimum atomic E-state index is 0.146. The lowest BCUT2D eigenvalue weighted by atomic mass is 9.99. The maximum absolute atomic E-state index is 12.7. The van der Waals surface area contributed by atoms with Crippen molar-refractivity contribution in [3.05, 3.63) is 17.7 Å². The van der Waals surface area contributed by atoms with Crippen LogP contribution < -0.4 is 5.32 Å². The van der Waals surface area contributed by atoms with Gasteiger partial charge in [0.25, 0.3) is 0 Å². The van der Waals surface area contributed by atoms with Crippen LogP contribution in [0.15, 0.2) is 6.20 Å². The molecule has 2 aliphatic carbocycles. The Labute approximate surface area is 138 Å². The van der Waals surface area contributed by atoms with Crippen molar-refractivity contribution in [1.29, 1.82) is 0 Å². The van der Waals surface area contributed by atoms with Crippen molar-refractivity contribution in [2.24, 2.45) is 5.92 Å². The van der Waals surface area contributed by atoms with Crippen LogP contribution in [-0.2, 0) is 6.54 Å². The summed E-state index contributed by atoms with van der Waals surface area (Å²) in [4.78, 5) is 19.6. The predicted octanol–water partition coefficient (Wildman–Crippen LogP) is 3.04. The van der Waals surface area contributed by atoms with E-state index in [1.165, 1.54) is 32.1 Å². The highest BCUT2D eigenvalue weighted by Gasteiger charge is 2.41. The van der Waals surface area contributed by atoms with Crippen molar-refractivity contribution >= 4 is 6.03 Å². The van der Waals surface area contributed by atoms with E-state index in [0.29, 0.717) is 18.0 Å². The van der Waals surface area contributed by atoms with E-state index in [4.69, 9.17) is 0 Å². The van der Waals surface area contributed by atoms with Crippen LogP contribution in [-0.4, -0.2) is 39.1 Å². The second-order valence-corrected chi connectivity index (χ2v) is 7.68. The van der Waals surface area contributed by atoms with Crippen LogP contribution >= 0.6 is 0 Å². The molecule has 0 bridgehead atoms. The quantitative estimate of drug-likeness (QED) is 0.907. The Morgan fingerprint density at radius 2 is 2.17 bits per heavy atom. The molecule has 1 aromatic heterocycles. The summed E-state index contributed by atoms with van der Waals surface area (Å²) in [7, 11) is 0. The summed E-state index contributed by atoms with van der Waals surface area (Å²) in [5, 5.41) is 3.22. The molecule has 2 saturated carbocycles. The third-order valence-corrected chi connectivity index (χ3v) is 5.66. The molecular weight excluding hydrogens is 288 g/mol. The normalized spacial score (nSPS) is 24.9. The van der Waals surface area contributed by atoms with E-state index in [-0.39, 0.29) is 6.03 Å². The molecule has 1 aliphatic heterocycles. The SMILES string of the molecule is Cc1cn2c(n1)C(CNC(=O)N(C1CC1)C(C)C1CC1)CCC2. The summed E-state index contributed by atoms with van der Waals surface area (Å²) in [5.41, 5.74) is 1.08. The van der Waals surface area contributed by atoms with Crippen LogP contribution in [0.1, 0.15) is 62.9 Å². The molecule has 2 heterocycles. The molecule has 23 heavy (non-hydrogen) atoms. The van der Waals surface area contributed by atoms with E-state index < -0.39 is 0 Å². The van der Waals surface area contributed by atoms with Crippen molar-refractivity contribution < 1.29 is 4.79 Å². The summed E-state index contributed by atoms with van der Waals surface area (Å²) in [6.07, 6.45) is 9.37. The van der Waals surface area contributed by atoms with Gasteiger partial charge in [-0.1, -0.05) is 0 Å². The summed E-state index contributed by atoms with van der Waals surface area (Å²) in [6, 6.07) is 1.03. The van der Waals surface area contributed by atoms with E-state index in [9.17, 15) is 4.79 Å². The van der Waals surface area contributed by atoms with Gasteiger partial charge in [0.1, 0.15) is 5.82 Å². The smallest absolute Gasteiger partial charge is 0.317 e. The Morgan fingerprint density at radius 1 is 1.39 bits per heavy atom.